The van der Waals surface area contributed by atoms with Gasteiger partial charge in [0.1, 0.15) is 0 Å². The van der Waals surface area contributed by atoms with E-state index in [0.717, 1.165) is 12.8 Å². The summed E-state index contributed by atoms with van der Waals surface area (Å²) in [6.45, 7) is 2.89. The number of carbonyl (C=O) groups is 2. The molecule has 0 bridgehead atoms. The first kappa shape index (κ1) is 13.0. The standard InChI is InChI=1S/C11H20N2O3/c1-4-16-11(15)13-7-5-6-9(12(2)3)10(14)8-13/h9H,4-8H2,1-3H3. The molecule has 0 N–H and O–H groups in total. The minimum Gasteiger partial charge on any atom is -0.450 e. The molecule has 0 aromatic carbocycles. The number of hydrogen-bond donors (Lipinski definition) is 0. The van der Waals surface area contributed by atoms with Gasteiger partial charge in [0.05, 0.1) is 19.2 Å². The van der Waals surface area contributed by atoms with Gasteiger partial charge in [0.2, 0.25) is 0 Å². The predicted octanol–water partition coefficient (Wildman–Crippen LogP) is 0.738. The topological polar surface area (TPSA) is 49.9 Å². The van der Waals surface area contributed by atoms with Crippen LogP contribution in [0, 0.1) is 0 Å². The summed E-state index contributed by atoms with van der Waals surface area (Å²) in [5, 5.41) is 0. The number of carbonyl (C=O) groups excluding carboxylic acids is 2. The van der Waals surface area contributed by atoms with Gasteiger partial charge in [0.15, 0.2) is 5.78 Å². The van der Waals surface area contributed by atoms with Crippen LogP contribution >= 0.6 is 0 Å². The molecule has 0 spiro atoms. The van der Waals surface area contributed by atoms with E-state index < -0.39 is 0 Å². The Kier molecular flexibility index (Phi) is 4.73. The lowest BCUT2D eigenvalue weighted by Gasteiger charge is -2.21. The molecule has 1 aliphatic heterocycles. The molecular weight excluding hydrogens is 208 g/mol. The molecule has 1 atom stereocenters. The van der Waals surface area contributed by atoms with Crippen molar-refractivity contribution in [2.45, 2.75) is 25.8 Å². The van der Waals surface area contributed by atoms with Gasteiger partial charge < -0.3 is 9.64 Å². The van der Waals surface area contributed by atoms with Crippen LogP contribution in [-0.2, 0) is 9.53 Å². The minimum absolute atomic E-state index is 0.0700. The number of ether oxygens (including phenoxy) is 1. The Morgan fingerprint density at radius 1 is 1.56 bits per heavy atom. The number of amides is 1. The molecule has 1 rings (SSSR count). The molecule has 0 saturated carbocycles. The number of likely N-dealkylation sites (tertiary alicyclic amines) is 1. The number of hydrogen-bond acceptors (Lipinski definition) is 4. The summed E-state index contributed by atoms with van der Waals surface area (Å²) in [7, 11) is 3.78. The fourth-order valence-corrected chi connectivity index (χ4v) is 1.93. The smallest absolute Gasteiger partial charge is 0.410 e. The molecule has 0 aromatic rings. The third-order valence-electron chi connectivity index (χ3n) is 2.77. The fourth-order valence-electron chi connectivity index (χ4n) is 1.93. The molecule has 16 heavy (non-hydrogen) atoms. The molecule has 1 saturated heterocycles. The highest BCUT2D eigenvalue weighted by Crippen LogP contribution is 2.12. The number of nitrogens with zero attached hydrogens (tertiary/aromatic N) is 2. The first-order valence-electron chi connectivity index (χ1n) is 5.67. The zero-order valence-electron chi connectivity index (χ0n) is 10.2. The molecule has 1 aliphatic rings. The predicted molar refractivity (Wildman–Crippen MR) is 60.3 cm³/mol. The Balaban J connectivity index is 2.61. The highest BCUT2D eigenvalue weighted by atomic mass is 16.6. The third-order valence-corrected chi connectivity index (χ3v) is 2.77. The van der Waals surface area contributed by atoms with Gasteiger partial charge in [-0.3, -0.25) is 9.69 Å². The first-order valence-corrected chi connectivity index (χ1v) is 5.67. The lowest BCUT2D eigenvalue weighted by Crippen LogP contribution is -2.41. The number of rotatable bonds is 2. The van der Waals surface area contributed by atoms with Gasteiger partial charge in [-0.1, -0.05) is 0 Å². The van der Waals surface area contributed by atoms with Gasteiger partial charge in [-0.2, -0.15) is 0 Å². The van der Waals surface area contributed by atoms with E-state index in [9.17, 15) is 9.59 Å². The van der Waals surface area contributed by atoms with Crippen molar-refractivity contribution in [3.8, 4) is 0 Å². The Labute approximate surface area is 96.3 Å². The maximum Gasteiger partial charge on any atom is 0.410 e. The van der Waals surface area contributed by atoms with Crippen LogP contribution in [0.25, 0.3) is 0 Å². The molecule has 92 valence electrons. The number of ketones is 1. The van der Waals surface area contributed by atoms with Crippen molar-refractivity contribution in [1.82, 2.24) is 9.80 Å². The first-order chi connectivity index (χ1) is 7.56. The molecule has 1 heterocycles. The molecule has 5 heteroatoms. The van der Waals surface area contributed by atoms with Crippen molar-refractivity contribution in [3.63, 3.8) is 0 Å². The summed E-state index contributed by atoms with van der Waals surface area (Å²) >= 11 is 0. The molecule has 1 unspecified atom stereocenters. The molecule has 1 amide bonds. The SMILES string of the molecule is CCOC(=O)N1CCCC(N(C)C)C(=O)C1. The molecule has 0 radical (unpaired) electrons. The van der Waals surface area contributed by atoms with Gasteiger partial charge >= 0.3 is 6.09 Å². The quantitative estimate of drug-likeness (QED) is 0.699. The number of Topliss-reactive ketones (excluding diaryl/α,β-unsaturated/α-hetero) is 1. The largest absolute Gasteiger partial charge is 0.450 e. The van der Waals surface area contributed by atoms with Gasteiger partial charge in [0, 0.05) is 6.54 Å². The summed E-state index contributed by atoms with van der Waals surface area (Å²) in [5.41, 5.74) is 0. The van der Waals surface area contributed by atoms with Crippen LogP contribution in [0.4, 0.5) is 4.79 Å². The van der Waals surface area contributed by atoms with Gasteiger partial charge in [-0.05, 0) is 33.9 Å². The highest BCUT2D eigenvalue weighted by Gasteiger charge is 2.28. The normalized spacial score (nSPS) is 22.1. The van der Waals surface area contributed by atoms with E-state index in [4.69, 9.17) is 4.74 Å². The Hall–Kier alpha value is -1.10. The Bertz CT molecular complexity index is 266. The lowest BCUT2D eigenvalue weighted by molar-refractivity contribution is -0.123. The Morgan fingerprint density at radius 3 is 2.81 bits per heavy atom. The van der Waals surface area contributed by atoms with Crippen LogP contribution < -0.4 is 0 Å². The molecule has 5 nitrogen and oxygen atoms in total. The van der Waals surface area contributed by atoms with E-state index in [1.54, 1.807) is 6.92 Å². The van der Waals surface area contributed by atoms with Crippen LogP contribution in [0.3, 0.4) is 0 Å². The van der Waals surface area contributed by atoms with Crippen LogP contribution in [0.15, 0.2) is 0 Å². The van der Waals surface area contributed by atoms with E-state index in [0.29, 0.717) is 13.2 Å². The van der Waals surface area contributed by atoms with Crippen molar-refractivity contribution in [2.24, 2.45) is 0 Å². The molecule has 0 aliphatic carbocycles. The van der Waals surface area contributed by atoms with E-state index in [-0.39, 0.29) is 24.5 Å². The van der Waals surface area contributed by atoms with Gasteiger partial charge in [-0.25, -0.2) is 4.79 Å². The minimum atomic E-state index is -0.379. The second kappa shape index (κ2) is 5.84. The van der Waals surface area contributed by atoms with Crippen LogP contribution in [-0.4, -0.2) is 61.5 Å². The van der Waals surface area contributed by atoms with E-state index in [2.05, 4.69) is 0 Å². The summed E-state index contributed by atoms with van der Waals surface area (Å²) in [5.74, 6) is 0.0931. The van der Waals surface area contributed by atoms with Crippen molar-refractivity contribution >= 4 is 11.9 Å². The summed E-state index contributed by atoms with van der Waals surface area (Å²) in [4.78, 5) is 26.8. The maximum absolute atomic E-state index is 11.9. The average Bonchev–Trinajstić information content (AvgIpc) is 2.40. The van der Waals surface area contributed by atoms with E-state index >= 15 is 0 Å². The monoisotopic (exact) mass is 228 g/mol. The maximum atomic E-state index is 11.9. The lowest BCUT2D eigenvalue weighted by atomic mass is 10.1. The van der Waals surface area contributed by atoms with Crippen molar-refractivity contribution in [2.75, 3.05) is 33.8 Å². The number of likely N-dealkylation sites (N-methyl/N-ethyl adjacent to an activating group) is 1. The van der Waals surface area contributed by atoms with Crippen molar-refractivity contribution < 1.29 is 14.3 Å². The fraction of sp³-hybridized carbons (Fsp3) is 0.818. The Morgan fingerprint density at radius 2 is 2.25 bits per heavy atom. The van der Waals surface area contributed by atoms with E-state index in [1.807, 2.05) is 19.0 Å². The van der Waals surface area contributed by atoms with Crippen LogP contribution in [0.2, 0.25) is 0 Å². The summed E-state index contributed by atoms with van der Waals surface area (Å²) < 4.78 is 4.90. The summed E-state index contributed by atoms with van der Waals surface area (Å²) in [6.07, 6.45) is 1.27. The van der Waals surface area contributed by atoms with Crippen LogP contribution in [0.5, 0.6) is 0 Å². The molecule has 0 aromatic heterocycles. The van der Waals surface area contributed by atoms with Crippen LogP contribution in [0.1, 0.15) is 19.8 Å². The molecular formula is C11H20N2O3. The van der Waals surface area contributed by atoms with Crippen molar-refractivity contribution in [3.05, 3.63) is 0 Å². The van der Waals surface area contributed by atoms with Gasteiger partial charge in [0.25, 0.3) is 0 Å². The molecule has 1 fully saturated rings. The second-order valence-corrected chi connectivity index (χ2v) is 4.21. The van der Waals surface area contributed by atoms with E-state index in [1.165, 1.54) is 4.90 Å². The average molecular weight is 228 g/mol. The third kappa shape index (κ3) is 3.20. The second-order valence-electron chi connectivity index (χ2n) is 4.21. The highest BCUT2D eigenvalue weighted by molar-refractivity contribution is 5.88. The van der Waals surface area contributed by atoms with Gasteiger partial charge in [-0.15, -0.1) is 0 Å². The zero-order chi connectivity index (χ0) is 12.1. The summed E-state index contributed by atoms with van der Waals surface area (Å²) in [6, 6.07) is -0.0700. The van der Waals surface area contributed by atoms with Crippen molar-refractivity contribution in [1.29, 1.82) is 0 Å². The zero-order valence-corrected chi connectivity index (χ0v) is 10.2.